The van der Waals surface area contributed by atoms with Crippen LogP contribution in [0.1, 0.15) is 94.0 Å². The Morgan fingerprint density at radius 2 is 1.20 bits per heavy atom. The van der Waals surface area contributed by atoms with Crippen LogP contribution in [0.4, 0.5) is 11.4 Å². The van der Waals surface area contributed by atoms with Gasteiger partial charge in [-0.3, -0.25) is 0 Å². The van der Waals surface area contributed by atoms with Crippen molar-refractivity contribution in [2.24, 2.45) is 5.41 Å². The van der Waals surface area contributed by atoms with E-state index in [1.807, 2.05) is 0 Å². The molecule has 3 unspecified atom stereocenters. The van der Waals surface area contributed by atoms with Crippen molar-refractivity contribution in [3.63, 3.8) is 0 Å². The maximum absolute atomic E-state index is 5.28. The van der Waals surface area contributed by atoms with Crippen molar-refractivity contribution in [3.05, 3.63) is 186 Å². The monoisotopic (exact) mass is 775 g/mol. The first kappa shape index (κ1) is 37.2. The number of hydrogen-bond donors (Lipinski definition) is 0. The third-order valence-electron chi connectivity index (χ3n) is 15.5. The summed E-state index contributed by atoms with van der Waals surface area (Å²) in [6.45, 7) is 19.9. The van der Waals surface area contributed by atoms with Gasteiger partial charge in [-0.2, -0.15) is 0 Å². The highest BCUT2D eigenvalue weighted by Gasteiger charge is 2.62. The predicted molar refractivity (Wildman–Crippen MR) is 257 cm³/mol. The second-order valence-corrected chi connectivity index (χ2v) is 19.8. The van der Waals surface area contributed by atoms with Gasteiger partial charge in [0.1, 0.15) is 0 Å². The Morgan fingerprint density at radius 1 is 0.600 bits per heavy atom. The standard InChI is InChI=1S/C58H54BN/c1-37-18-14-15-23-46(37)43-33-47-38(2)54-53-50(57(6)30-16-17-31-58(54,57)7)35-44(56(3,4)5)36-51(53)59-55(47)49(34-43)48-32-42(40-21-12-9-13-22-40)26-29-52(48)60(59)45-27-24-41(25-28-45)39-19-10-8-11-20-39/h8-15,18-29,32-36,54H,2,16-17,30-31H2,1,3-7H3. The lowest BCUT2D eigenvalue weighted by atomic mass is 9.43. The van der Waals surface area contributed by atoms with E-state index in [1.165, 1.54) is 115 Å². The Bertz CT molecular complexity index is 2860. The molecule has 7 aromatic rings. The zero-order valence-electron chi connectivity index (χ0n) is 36.1. The molecule has 60 heavy (non-hydrogen) atoms. The van der Waals surface area contributed by atoms with E-state index < -0.39 is 0 Å². The number of anilines is 2. The van der Waals surface area contributed by atoms with Crippen molar-refractivity contribution < 1.29 is 0 Å². The summed E-state index contributed by atoms with van der Waals surface area (Å²) in [5.74, 6) is 0.217. The fraction of sp³-hybridized carbons (Fsp3) is 0.241. The summed E-state index contributed by atoms with van der Waals surface area (Å²) < 4.78 is 0. The number of benzene rings is 7. The Labute approximate surface area is 358 Å². The molecule has 0 aromatic heterocycles. The molecule has 2 aliphatic heterocycles. The van der Waals surface area contributed by atoms with Crippen molar-refractivity contribution in [3.8, 4) is 44.5 Å². The normalized spacial score (nSPS) is 21.2. The van der Waals surface area contributed by atoms with Crippen LogP contribution in [0, 0.1) is 12.3 Å². The average Bonchev–Trinajstić information content (AvgIpc) is 3.41. The highest BCUT2D eigenvalue weighted by atomic mass is 15.1. The molecule has 3 atom stereocenters. The Balaban J connectivity index is 1.27. The van der Waals surface area contributed by atoms with Crippen molar-refractivity contribution in [1.82, 2.24) is 0 Å². The molecule has 1 nitrogen and oxygen atoms in total. The topological polar surface area (TPSA) is 3.24 Å². The van der Waals surface area contributed by atoms with Gasteiger partial charge >= 0.3 is 6.85 Å². The first-order chi connectivity index (χ1) is 29.0. The molecule has 0 N–H and O–H groups in total. The third kappa shape index (κ3) is 5.32. The molecule has 0 spiro atoms. The van der Waals surface area contributed by atoms with Gasteiger partial charge in [0.05, 0.1) is 0 Å². The van der Waals surface area contributed by atoms with Crippen LogP contribution in [0.5, 0.6) is 0 Å². The van der Waals surface area contributed by atoms with Gasteiger partial charge in [0.15, 0.2) is 0 Å². The van der Waals surface area contributed by atoms with E-state index in [9.17, 15) is 0 Å². The molecule has 0 bridgehead atoms. The Morgan fingerprint density at radius 3 is 1.90 bits per heavy atom. The first-order valence-electron chi connectivity index (χ1n) is 22.2. The average molecular weight is 776 g/mol. The summed E-state index contributed by atoms with van der Waals surface area (Å²) in [5.41, 5.74) is 24.0. The van der Waals surface area contributed by atoms with Crippen molar-refractivity contribution >= 4 is 34.7 Å². The van der Waals surface area contributed by atoms with E-state index in [0.29, 0.717) is 0 Å². The lowest BCUT2D eigenvalue weighted by Gasteiger charge is -2.49. The minimum Gasteiger partial charge on any atom is -0.376 e. The molecular formula is C58H54BN. The summed E-state index contributed by atoms with van der Waals surface area (Å²) in [6, 6.07) is 57.6. The number of hydrogen-bond acceptors (Lipinski definition) is 1. The zero-order valence-corrected chi connectivity index (χ0v) is 36.1. The zero-order chi connectivity index (χ0) is 41.1. The first-order valence-corrected chi connectivity index (χ1v) is 22.2. The fourth-order valence-electron chi connectivity index (χ4n) is 12.1. The van der Waals surface area contributed by atoms with Gasteiger partial charge in [-0.05, 0) is 156 Å². The molecular weight excluding hydrogens is 721 g/mol. The summed E-state index contributed by atoms with van der Waals surface area (Å²) >= 11 is 0. The van der Waals surface area contributed by atoms with Gasteiger partial charge in [0, 0.05) is 22.9 Å². The molecule has 4 aliphatic rings. The maximum Gasteiger partial charge on any atom is 0.329 e. The van der Waals surface area contributed by atoms with Crippen LogP contribution in [0.25, 0.3) is 50.1 Å². The minimum atomic E-state index is -0.0521. The van der Waals surface area contributed by atoms with E-state index in [1.54, 1.807) is 11.1 Å². The largest absolute Gasteiger partial charge is 0.376 e. The molecule has 11 rings (SSSR count). The maximum atomic E-state index is 5.28. The molecule has 0 saturated heterocycles. The SMILES string of the molecule is C=C1c2cc(-c3ccccc3C)cc3c2B(c2cc(C(C)(C)C)cc4c2C1C1(C)CCCCC41C)N(c1ccc(-c2ccccc2)cc1)c1ccc(-c2ccccc2)cc1-3. The quantitative estimate of drug-likeness (QED) is 0.161. The minimum absolute atomic E-state index is 0.0198. The molecule has 7 aromatic carbocycles. The van der Waals surface area contributed by atoms with Gasteiger partial charge in [-0.25, -0.2) is 0 Å². The molecule has 2 heteroatoms. The summed E-state index contributed by atoms with van der Waals surface area (Å²) in [6.07, 6.45) is 4.97. The number of allylic oxidation sites excluding steroid dienone is 1. The number of aryl methyl sites for hydroxylation is 1. The second-order valence-electron chi connectivity index (χ2n) is 19.8. The van der Waals surface area contributed by atoms with Crippen molar-refractivity contribution in [2.75, 3.05) is 4.81 Å². The van der Waals surface area contributed by atoms with Crippen LogP contribution in [-0.4, -0.2) is 6.85 Å². The number of fused-ring (bicyclic) bond motifs is 6. The van der Waals surface area contributed by atoms with Gasteiger partial charge < -0.3 is 4.81 Å². The van der Waals surface area contributed by atoms with Gasteiger partial charge in [-0.15, -0.1) is 0 Å². The van der Waals surface area contributed by atoms with Crippen LogP contribution in [0.3, 0.4) is 0 Å². The number of rotatable bonds is 4. The van der Waals surface area contributed by atoms with Crippen LogP contribution < -0.4 is 15.7 Å². The molecule has 2 heterocycles. The Hall–Kier alpha value is -5.86. The van der Waals surface area contributed by atoms with Gasteiger partial charge in [-0.1, -0.05) is 169 Å². The molecule has 0 amide bonds. The summed E-state index contributed by atoms with van der Waals surface area (Å²) in [5, 5.41) is 0. The lowest BCUT2D eigenvalue weighted by Crippen LogP contribution is -2.59. The second kappa shape index (κ2) is 13.3. The smallest absolute Gasteiger partial charge is 0.329 e. The summed E-state index contributed by atoms with van der Waals surface area (Å²) in [4.78, 5) is 2.71. The van der Waals surface area contributed by atoms with Crippen LogP contribution in [-0.2, 0) is 10.8 Å². The van der Waals surface area contributed by atoms with E-state index in [-0.39, 0.29) is 29.0 Å². The van der Waals surface area contributed by atoms with Crippen LogP contribution >= 0.6 is 0 Å². The molecule has 0 radical (unpaired) electrons. The fourth-order valence-corrected chi connectivity index (χ4v) is 12.1. The van der Waals surface area contributed by atoms with E-state index in [4.69, 9.17) is 6.58 Å². The highest BCUT2D eigenvalue weighted by Crippen LogP contribution is 2.68. The van der Waals surface area contributed by atoms with Crippen LogP contribution in [0.15, 0.2) is 158 Å². The van der Waals surface area contributed by atoms with E-state index in [2.05, 4.69) is 198 Å². The van der Waals surface area contributed by atoms with Crippen molar-refractivity contribution in [2.45, 2.75) is 84.0 Å². The van der Waals surface area contributed by atoms with E-state index in [0.717, 1.165) is 0 Å². The molecule has 294 valence electrons. The molecule has 1 fully saturated rings. The van der Waals surface area contributed by atoms with Crippen LogP contribution in [0.2, 0.25) is 0 Å². The molecule has 2 aliphatic carbocycles. The van der Waals surface area contributed by atoms with Gasteiger partial charge in [0.2, 0.25) is 0 Å². The Kier molecular flexibility index (Phi) is 8.25. The van der Waals surface area contributed by atoms with E-state index >= 15 is 0 Å². The number of nitrogens with zero attached hydrogens (tertiary/aromatic N) is 1. The molecule has 1 saturated carbocycles. The van der Waals surface area contributed by atoms with Crippen molar-refractivity contribution in [1.29, 1.82) is 0 Å². The third-order valence-corrected chi connectivity index (χ3v) is 15.5. The highest BCUT2D eigenvalue weighted by molar-refractivity contribution is 6.92. The summed E-state index contributed by atoms with van der Waals surface area (Å²) in [7, 11) is 0. The lowest BCUT2D eigenvalue weighted by molar-refractivity contribution is 0.0976. The van der Waals surface area contributed by atoms with Gasteiger partial charge in [0.25, 0.3) is 0 Å². The predicted octanol–water partition coefficient (Wildman–Crippen LogP) is 14.2.